The lowest BCUT2D eigenvalue weighted by molar-refractivity contribution is -0.137. The molecule has 158 valence electrons. The number of piperidine rings is 1. The van der Waals surface area contributed by atoms with E-state index in [9.17, 15) is 9.59 Å². The average Bonchev–Trinajstić information content (AvgIpc) is 2.80. The molecule has 1 aromatic heterocycles. The molecule has 8 heteroatoms. The number of likely N-dealkylation sites (tertiary alicyclic amines) is 1. The minimum Gasteiger partial charge on any atom is -0.353 e. The van der Waals surface area contributed by atoms with Crippen LogP contribution >= 0.6 is 11.6 Å². The van der Waals surface area contributed by atoms with Crippen LogP contribution in [0, 0.1) is 5.92 Å². The van der Waals surface area contributed by atoms with Crippen molar-refractivity contribution in [1.82, 2.24) is 14.8 Å². The van der Waals surface area contributed by atoms with E-state index >= 15 is 0 Å². The third kappa shape index (κ3) is 4.84. The maximum atomic E-state index is 13.1. The summed E-state index contributed by atoms with van der Waals surface area (Å²) in [5.74, 6) is 0.893. The van der Waals surface area contributed by atoms with Gasteiger partial charge in [-0.1, -0.05) is 29.8 Å². The maximum Gasteiger partial charge on any atom is 0.321 e. The summed E-state index contributed by atoms with van der Waals surface area (Å²) in [4.78, 5) is 35.9. The van der Waals surface area contributed by atoms with Crippen molar-refractivity contribution in [1.29, 1.82) is 0 Å². The van der Waals surface area contributed by atoms with Crippen molar-refractivity contribution < 1.29 is 9.59 Å². The van der Waals surface area contributed by atoms with Gasteiger partial charge in [-0.3, -0.25) is 4.79 Å². The highest BCUT2D eigenvalue weighted by Crippen LogP contribution is 2.22. The zero-order valence-corrected chi connectivity index (χ0v) is 17.6. The van der Waals surface area contributed by atoms with Gasteiger partial charge < -0.3 is 20.0 Å². The molecule has 30 heavy (non-hydrogen) atoms. The quantitative estimate of drug-likeness (QED) is 0.815. The van der Waals surface area contributed by atoms with E-state index in [1.165, 1.54) is 0 Å². The van der Waals surface area contributed by atoms with Crippen LogP contribution in [0.5, 0.6) is 0 Å². The Balaban J connectivity index is 1.30. The monoisotopic (exact) mass is 427 g/mol. The van der Waals surface area contributed by atoms with Crippen LogP contribution in [-0.2, 0) is 4.79 Å². The number of amides is 3. The molecular weight excluding hydrogens is 402 g/mol. The van der Waals surface area contributed by atoms with Crippen LogP contribution in [0.3, 0.4) is 0 Å². The van der Waals surface area contributed by atoms with E-state index in [0.717, 1.165) is 37.4 Å². The summed E-state index contributed by atoms with van der Waals surface area (Å²) in [5.41, 5.74) is 0.767. The van der Waals surface area contributed by atoms with Crippen LogP contribution in [0.1, 0.15) is 12.8 Å². The molecule has 0 saturated carbocycles. The molecule has 2 aromatic rings. The zero-order chi connectivity index (χ0) is 20.9. The average molecular weight is 428 g/mol. The number of pyridine rings is 1. The van der Waals surface area contributed by atoms with Gasteiger partial charge in [-0.2, -0.15) is 0 Å². The topological polar surface area (TPSA) is 68.8 Å². The lowest BCUT2D eigenvalue weighted by atomic mass is 9.96. The molecular formula is C22H26ClN5O2. The number of rotatable bonds is 3. The summed E-state index contributed by atoms with van der Waals surface area (Å²) < 4.78 is 0. The highest BCUT2D eigenvalue weighted by Gasteiger charge is 2.32. The van der Waals surface area contributed by atoms with Gasteiger partial charge >= 0.3 is 6.03 Å². The molecule has 2 aliphatic heterocycles. The number of nitrogens with one attached hydrogen (secondary N) is 1. The van der Waals surface area contributed by atoms with E-state index in [4.69, 9.17) is 11.6 Å². The molecule has 2 fully saturated rings. The number of anilines is 2. The van der Waals surface area contributed by atoms with Crippen molar-refractivity contribution in [2.45, 2.75) is 12.8 Å². The van der Waals surface area contributed by atoms with Gasteiger partial charge in [-0.15, -0.1) is 0 Å². The molecule has 1 atom stereocenters. The van der Waals surface area contributed by atoms with Crippen molar-refractivity contribution in [2.24, 2.45) is 5.92 Å². The SMILES string of the molecule is O=C(Nc1ccccc1)N1CCCC(C(=O)N2CCN(c3ccc(Cl)cn3)CC2)C1. The second-order valence-corrected chi connectivity index (χ2v) is 8.16. The Kier molecular flexibility index (Phi) is 6.38. The van der Waals surface area contributed by atoms with E-state index in [0.29, 0.717) is 31.2 Å². The van der Waals surface area contributed by atoms with Crippen molar-refractivity contribution >= 4 is 35.0 Å². The molecule has 4 rings (SSSR count). The molecule has 7 nitrogen and oxygen atoms in total. The van der Waals surface area contributed by atoms with Crippen molar-refractivity contribution in [3.05, 3.63) is 53.7 Å². The number of hydrogen-bond acceptors (Lipinski definition) is 4. The summed E-state index contributed by atoms with van der Waals surface area (Å²) in [6.45, 7) is 3.96. The number of piperazine rings is 1. The van der Waals surface area contributed by atoms with E-state index in [1.54, 1.807) is 11.1 Å². The molecule has 2 saturated heterocycles. The van der Waals surface area contributed by atoms with Gasteiger partial charge in [0, 0.05) is 51.2 Å². The summed E-state index contributed by atoms with van der Waals surface area (Å²) in [6, 6.07) is 13.0. The first-order valence-corrected chi connectivity index (χ1v) is 10.7. The number of para-hydroxylation sites is 1. The van der Waals surface area contributed by atoms with Crippen LogP contribution in [0.4, 0.5) is 16.3 Å². The molecule has 1 unspecified atom stereocenters. The van der Waals surface area contributed by atoms with Crippen molar-refractivity contribution in [2.75, 3.05) is 49.5 Å². The molecule has 1 aromatic carbocycles. The fourth-order valence-corrected chi connectivity index (χ4v) is 4.17. The fourth-order valence-electron chi connectivity index (χ4n) is 4.06. The molecule has 0 aliphatic carbocycles. The first-order chi connectivity index (χ1) is 14.6. The molecule has 0 bridgehead atoms. The van der Waals surface area contributed by atoms with Crippen molar-refractivity contribution in [3.8, 4) is 0 Å². The van der Waals surface area contributed by atoms with E-state index < -0.39 is 0 Å². The van der Waals surface area contributed by atoms with Crippen LogP contribution < -0.4 is 10.2 Å². The minimum absolute atomic E-state index is 0.138. The predicted molar refractivity (Wildman–Crippen MR) is 118 cm³/mol. The number of halogens is 1. The van der Waals surface area contributed by atoms with Gasteiger partial charge in [0.1, 0.15) is 5.82 Å². The normalized spacial score (nSPS) is 19.5. The van der Waals surface area contributed by atoms with Crippen LogP contribution in [0.2, 0.25) is 5.02 Å². The smallest absolute Gasteiger partial charge is 0.321 e. The zero-order valence-electron chi connectivity index (χ0n) is 16.8. The molecule has 0 radical (unpaired) electrons. The van der Waals surface area contributed by atoms with E-state index in [1.807, 2.05) is 47.4 Å². The molecule has 2 aliphatic rings. The molecule has 1 N–H and O–H groups in total. The number of carbonyl (C=O) groups excluding carboxylic acids is 2. The molecule has 3 heterocycles. The van der Waals surface area contributed by atoms with Crippen LogP contribution in [0.15, 0.2) is 48.7 Å². The fraction of sp³-hybridized carbons (Fsp3) is 0.409. The summed E-state index contributed by atoms with van der Waals surface area (Å²) in [6.07, 6.45) is 3.31. The van der Waals surface area contributed by atoms with Gasteiger partial charge in [-0.25, -0.2) is 9.78 Å². The third-order valence-corrected chi connectivity index (χ3v) is 5.93. The third-order valence-electron chi connectivity index (χ3n) is 5.71. The summed E-state index contributed by atoms with van der Waals surface area (Å²) in [7, 11) is 0. The van der Waals surface area contributed by atoms with Crippen molar-refractivity contribution in [3.63, 3.8) is 0 Å². The van der Waals surface area contributed by atoms with Gasteiger partial charge in [0.25, 0.3) is 0 Å². The van der Waals surface area contributed by atoms with E-state index in [2.05, 4.69) is 15.2 Å². The standard InChI is InChI=1S/C22H26ClN5O2/c23-18-8-9-20(24-15-18)26-11-13-27(14-12-26)21(29)17-5-4-10-28(16-17)22(30)25-19-6-2-1-3-7-19/h1-3,6-9,15,17H,4-5,10-14,16H2,(H,25,30). The van der Waals surface area contributed by atoms with Gasteiger partial charge in [0.15, 0.2) is 0 Å². The van der Waals surface area contributed by atoms with Gasteiger partial charge in [0.05, 0.1) is 10.9 Å². The molecule has 0 spiro atoms. The second kappa shape index (κ2) is 9.34. The van der Waals surface area contributed by atoms with Gasteiger partial charge in [0.2, 0.25) is 5.91 Å². The Morgan fingerprint density at radius 1 is 0.967 bits per heavy atom. The lowest BCUT2D eigenvalue weighted by Crippen LogP contribution is -2.53. The largest absolute Gasteiger partial charge is 0.353 e. The number of aromatic nitrogens is 1. The summed E-state index contributed by atoms with van der Waals surface area (Å²) in [5, 5.41) is 3.53. The lowest BCUT2D eigenvalue weighted by Gasteiger charge is -2.39. The number of urea groups is 1. The Hall–Kier alpha value is -2.80. The maximum absolute atomic E-state index is 13.1. The first kappa shape index (κ1) is 20.5. The highest BCUT2D eigenvalue weighted by atomic mass is 35.5. The van der Waals surface area contributed by atoms with Crippen LogP contribution in [-0.4, -0.2) is 66.0 Å². The highest BCUT2D eigenvalue weighted by molar-refractivity contribution is 6.30. The Morgan fingerprint density at radius 3 is 2.43 bits per heavy atom. The van der Waals surface area contributed by atoms with Crippen LogP contribution in [0.25, 0.3) is 0 Å². The molecule has 3 amide bonds. The Morgan fingerprint density at radius 2 is 1.73 bits per heavy atom. The first-order valence-electron chi connectivity index (χ1n) is 10.4. The van der Waals surface area contributed by atoms with Gasteiger partial charge in [-0.05, 0) is 37.1 Å². The Labute approximate surface area is 181 Å². The number of benzene rings is 1. The van der Waals surface area contributed by atoms with E-state index in [-0.39, 0.29) is 17.9 Å². The Bertz CT molecular complexity index is 869. The summed E-state index contributed by atoms with van der Waals surface area (Å²) >= 11 is 5.91. The minimum atomic E-state index is -0.141. The predicted octanol–water partition coefficient (Wildman–Crippen LogP) is 3.33. The number of nitrogens with zero attached hydrogens (tertiary/aromatic N) is 4. The number of hydrogen-bond donors (Lipinski definition) is 1. The number of carbonyl (C=O) groups is 2. The second-order valence-electron chi connectivity index (χ2n) is 7.73.